The second-order valence-corrected chi connectivity index (χ2v) is 5.00. The van der Waals surface area contributed by atoms with Crippen molar-refractivity contribution in [1.29, 1.82) is 0 Å². The highest BCUT2D eigenvalue weighted by molar-refractivity contribution is 6.05. The molecule has 86 valence electrons. The molecule has 0 bridgehead atoms. The van der Waals surface area contributed by atoms with Crippen LogP contribution in [0.3, 0.4) is 0 Å². The van der Waals surface area contributed by atoms with Gasteiger partial charge in [-0.15, -0.1) is 0 Å². The highest BCUT2D eigenvalue weighted by atomic mass is 14.2. The van der Waals surface area contributed by atoms with Crippen LogP contribution in [0.25, 0.3) is 21.9 Å². The lowest BCUT2D eigenvalue weighted by molar-refractivity contribution is 1.22. The molecule has 2 aromatic carbocycles. The van der Waals surface area contributed by atoms with Crippen molar-refractivity contribution in [1.82, 2.24) is 0 Å². The fourth-order valence-electron chi connectivity index (χ4n) is 3.24. The van der Waals surface area contributed by atoms with Gasteiger partial charge in [0.2, 0.25) is 0 Å². The van der Waals surface area contributed by atoms with E-state index in [0.717, 1.165) is 12.8 Å². The summed E-state index contributed by atoms with van der Waals surface area (Å²) in [5.41, 5.74) is 7.02. The van der Waals surface area contributed by atoms with Crippen LogP contribution in [0.1, 0.15) is 23.1 Å². The van der Waals surface area contributed by atoms with Crippen LogP contribution in [0.5, 0.6) is 0 Å². The molecule has 0 unspecified atom stereocenters. The fourth-order valence-corrected chi connectivity index (χ4v) is 3.24. The highest BCUT2D eigenvalue weighted by Gasteiger charge is 2.21. The van der Waals surface area contributed by atoms with Crippen LogP contribution in [0.2, 0.25) is 0 Å². The Bertz CT molecular complexity index is 742. The van der Waals surface area contributed by atoms with Gasteiger partial charge in [-0.2, -0.15) is 0 Å². The largest absolute Gasteiger partial charge is 0.0985 e. The van der Waals surface area contributed by atoms with Crippen molar-refractivity contribution in [3.05, 3.63) is 71.8 Å². The van der Waals surface area contributed by atoms with Crippen molar-refractivity contribution in [2.75, 3.05) is 0 Å². The summed E-state index contributed by atoms with van der Waals surface area (Å²) in [6, 6.07) is 11.1. The van der Waals surface area contributed by atoms with Gasteiger partial charge in [0.1, 0.15) is 0 Å². The van der Waals surface area contributed by atoms with Gasteiger partial charge in [-0.25, -0.2) is 0 Å². The van der Waals surface area contributed by atoms with Crippen LogP contribution in [-0.4, -0.2) is 0 Å². The lowest BCUT2D eigenvalue weighted by atomic mass is 9.79. The molecule has 0 aliphatic heterocycles. The van der Waals surface area contributed by atoms with Gasteiger partial charge in [0.15, 0.2) is 0 Å². The van der Waals surface area contributed by atoms with Gasteiger partial charge in [0.05, 0.1) is 0 Å². The predicted molar refractivity (Wildman–Crippen MR) is 78.4 cm³/mol. The molecule has 0 fully saturated rings. The Hall–Kier alpha value is -2.08. The summed E-state index contributed by atoms with van der Waals surface area (Å²) in [5.74, 6) is 0. The number of rotatable bonds is 1. The normalized spacial score (nSPS) is 16.2. The number of allylic oxidation sites excluding steroid dienone is 5. The molecule has 0 radical (unpaired) electrons. The van der Waals surface area contributed by atoms with E-state index in [2.05, 4.69) is 49.1 Å². The summed E-state index contributed by atoms with van der Waals surface area (Å²) in [6.45, 7) is 3.94. The average molecular weight is 230 g/mol. The van der Waals surface area contributed by atoms with Gasteiger partial charge in [0, 0.05) is 0 Å². The minimum absolute atomic E-state index is 1.04. The second kappa shape index (κ2) is 3.46. The van der Waals surface area contributed by atoms with Gasteiger partial charge >= 0.3 is 0 Å². The average Bonchev–Trinajstić information content (AvgIpc) is 2.44. The van der Waals surface area contributed by atoms with E-state index in [1.165, 1.54) is 38.6 Å². The molecule has 2 aliphatic rings. The summed E-state index contributed by atoms with van der Waals surface area (Å²) < 4.78 is 0. The summed E-state index contributed by atoms with van der Waals surface area (Å²) in [5, 5.41) is 2.82. The third-order valence-corrected chi connectivity index (χ3v) is 4.09. The number of hydrogen-bond donors (Lipinski definition) is 0. The molecule has 0 heterocycles. The third-order valence-electron chi connectivity index (χ3n) is 4.09. The smallest absolute Gasteiger partial charge is 0.00644 e. The first-order valence-corrected chi connectivity index (χ1v) is 6.45. The molecule has 0 atom stereocenters. The van der Waals surface area contributed by atoms with E-state index in [9.17, 15) is 0 Å². The van der Waals surface area contributed by atoms with Crippen molar-refractivity contribution in [2.45, 2.75) is 12.8 Å². The molecule has 18 heavy (non-hydrogen) atoms. The quantitative estimate of drug-likeness (QED) is 0.663. The zero-order valence-corrected chi connectivity index (χ0v) is 10.2. The molecule has 0 heteroatoms. The van der Waals surface area contributed by atoms with Crippen molar-refractivity contribution < 1.29 is 0 Å². The molecule has 4 rings (SSSR count). The van der Waals surface area contributed by atoms with E-state index in [1.807, 2.05) is 6.08 Å². The Morgan fingerprint density at radius 2 is 1.94 bits per heavy atom. The van der Waals surface area contributed by atoms with Crippen LogP contribution in [0.4, 0.5) is 0 Å². The first kappa shape index (κ1) is 9.90. The topological polar surface area (TPSA) is 0 Å². The maximum atomic E-state index is 3.94. The molecular formula is C18H14. The van der Waals surface area contributed by atoms with Crippen molar-refractivity contribution in [2.24, 2.45) is 0 Å². The Balaban J connectivity index is 2.21. The molecule has 0 nitrogen and oxygen atoms in total. The zero-order chi connectivity index (χ0) is 12.1. The van der Waals surface area contributed by atoms with E-state index >= 15 is 0 Å². The Kier molecular flexibility index (Phi) is 1.90. The van der Waals surface area contributed by atoms with Gasteiger partial charge in [0.25, 0.3) is 0 Å². The van der Waals surface area contributed by atoms with E-state index in [4.69, 9.17) is 0 Å². The highest BCUT2D eigenvalue weighted by Crippen LogP contribution is 2.42. The minimum Gasteiger partial charge on any atom is -0.0985 e. The maximum absolute atomic E-state index is 3.94. The van der Waals surface area contributed by atoms with Gasteiger partial charge in [-0.1, -0.05) is 55.1 Å². The lowest BCUT2D eigenvalue weighted by Crippen LogP contribution is -2.05. The fraction of sp³-hybridized carbons (Fsp3) is 0.111. The van der Waals surface area contributed by atoms with Crippen LogP contribution < -0.4 is 0 Å². The molecule has 0 saturated heterocycles. The molecule has 0 N–H and O–H groups in total. The molecule has 0 aromatic heterocycles. The van der Waals surface area contributed by atoms with Gasteiger partial charge < -0.3 is 0 Å². The molecule has 0 spiro atoms. The Morgan fingerprint density at radius 3 is 2.83 bits per heavy atom. The van der Waals surface area contributed by atoms with Crippen LogP contribution in [0, 0.1) is 0 Å². The number of benzene rings is 2. The minimum atomic E-state index is 1.04. The first-order chi connectivity index (χ1) is 8.88. The predicted octanol–water partition coefficient (Wildman–Crippen LogP) is 4.75. The summed E-state index contributed by atoms with van der Waals surface area (Å²) in [4.78, 5) is 0. The molecule has 0 amide bonds. The van der Waals surface area contributed by atoms with E-state index in [0.29, 0.717) is 0 Å². The van der Waals surface area contributed by atoms with Crippen molar-refractivity contribution in [3.63, 3.8) is 0 Å². The van der Waals surface area contributed by atoms with Gasteiger partial charge in [-0.05, 0) is 51.5 Å². The maximum Gasteiger partial charge on any atom is -0.00644 e. The van der Waals surface area contributed by atoms with E-state index in [1.54, 1.807) is 0 Å². The van der Waals surface area contributed by atoms with Crippen molar-refractivity contribution >= 4 is 21.9 Å². The summed E-state index contributed by atoms with van der Waals surface area (Å²) in [7, 11) is 0. The summed E-state index contributed by atoms with van der Waals surface area (Å²) in [6.07, 6.45) is 8.77. The summed E-state index contributed by atoms with van der Waals surface area (Å²) >= 11 is 0. The first-order valence-electron chi connectivity index (χ1n) is 6.45. The lowest BCUT2D eigenvalue weighted by Gasteiger charge is -2.25. The van der Waals surface area contributed by atoms with E-state index < -0.39 is 0 Å². The molecular weight excluding hydrogens is 216 g/mol. The SMILES string of the molecule is C=CC1=CCC2=CCc3cccc4ccc1c2c34. The third kappa shape index (κ3) is 1.15. The zero-order valence-electron chi connectivity index (χ0n) is 10.2. The molecule has 2 aliphatic carbocycles. The van der Waals surface area contributed by atoms with Crippen LogP contribution in [-0.2, 0) is 6.42 Å². The number of hydrogen-bond acceptors (Lipinski definition) is 0. The molecule has 0 saturated carbocycles. The second-order valence-electron chi connectivity index (χ2n) is 5.00. The van der Waals surface area contributed by atoms with Crippen LogP contribution >= 0.6 is 0 Å². The van der Waals surface area contributed by atoms with Crippen LogP contribution in [0.15, 0.2) is 55.1 Å². The standard InChI is InChI=1S/C18H14/c1-2-12-6-7-15-9-8-13-4-3-5-14-10-11-16(12)18(15)17(13)14/h2-6,9-11H,1,7-8H2. The van der Waals surface area contributed by atoms with Gasteiger partial charge in [-0.3, -0.25) is 0 Å². The van der Waals surface area contributed by atoms with Crippen molar-refractivity contribution in [3.8, 4) is 0 Å². The Labute approximate surface area is 107 Å². The Morgan fingerprint density at radius 1 is 1.00 bits per heavy atom. The monoisotopic (exact) mass is 230 g/mol. The molecule has 2 aromatic rings. The van der Waals surface area contributed by atoms with E-state index in [-0.39, 0.29) is 0 Å².